The van der Waals surface area contributed by atoms with E-state index in [0.29, 0.717) is 18.5 Å². The number of hydrogen-bond acceptors (Lipinski definition) is 2. The van der Waals surface area contributed by atoms with Crippen molar-refractivity contribution in [3.05, 3.63) is 59.4 Å². The summed E-state index contributed by atoms with van der Waals surface area (Å²) in [4.78, 5) is 11.6. The first-order valence-corrected chi connectivity index (χ1v) is 10.5. The predicted molar refractivity (Wildman–Crippen MR) is 115 cm³/mol. The van der Waals surface area contributed by atoms with Gasteiger partial charge in [-0.05, 0) is 60.9 Å². The molecule has 0 bridgehead atoms. The van der Waals surface area contributed by atoms with Crippen molar-refractivity contribution in [2.24, 2.45) is 5.92 Å². The van der Waals surface area contributed by atoms with Crippen molar-refractivity contribution in [1.29, 1.82) is 0 Å². The van der Waals surface area contributed by atoms with Crippen LogP contribution in [0.4, 0.5) is 8.78 Å². The Labute approximate surface area is 177 Å². The summed E-state index contributed by atoms with van der Waals surface area (Å²) in [6, 6.07) is 8.00. The lowest BCUT2D eigenvalue weighted by molar-refractivity contribution is -0.141. The molecule has 2 atom stereocenters. The number of halogens is 2. The normalized spacial score (nSPS) is 19.1. The molecule has 1 saturated carbocycles. The van der Waals surface area contributed by atoms with Gasteiger partial charge in [0, 0.05) is 28.2 Å². The second-order valence-electron chi connectivity index (χ2n) is 8.76. The van der Waals surface area contributed by atoms with Gasteiger partial charge in [-0.2, -0.15) is 5.10 Å². The minimum Gasteiger partial charge on any atom is -0.481 e. The molecular weight excluding hydrogens is 400 g/mol. The quantitative estimate of drug-likeness (QED) is 0.431. The predicted octanol–water partition coefficient (Wildman–Crippen LogP) is 5.88. The van der Waals surface area contributed by atoms with E-state index in [1.165, 1.54) is 6.07 Å². The van der Waals surface area contributed by atoms with Crippen LogP contribution in [0.1, 0.15) is 56.2 Å². The number of nitrogens with one attached hydrogen (secondary N) is 1. The second-order valence-corrected chi connectivity index (χ2v) is 8.76. The number of carboxylic acid groups (broad SMARTS) is 1. The summed E-state index contributed by atoms with van der Waals surface area (Å²) in [7, 11) is 0. The van der Waals surface area contributed by atoms with Crippen molar-refractivity contribution in [3.8, 4) is 5.69 Å². The lowest BCUT2D eigenvalue weighted by atomic mass is 9.90. The van der Waals surface area contributed by atoms with Crippen LogP contribution in [-0.4, -0.2) is 25.8 Å². The van der Waals surface area contributed by atoms with E-state index in [0.717, 1.165) is 45.6 Å². The SMILES string of the molecule is CC(C)c1c([C@@H]2CCC(C(=O)O)C2)c2cc3[nH]ncc3cc2n1-c1ccc(F)c(F)c1. The highest BCUT2D eigenvalue weighted by atomic mass is 19.2. The van der Waals surface area contributed by atoms with Crippen LogP contribution < -0.4 is 0 Å². The Balaban J connectivity index is 1.83. The molecule has 1 fully saturated rings. The molecule has 0 saturated heterocycles. The number of hydrogen-bond donors (Lipinski definition) is 2. The van der Waals surface area contributed by atoms with Gasteiger partial charge in [0.2, 0.25) is 0 Å². The van der Waals surface area contributed by atoms with Crippen molar-refractivity contribution < 1.29 is 18.7 Å². The molecule has 0 amide bonds. The number of aliphatic carboxylic acids is 1. The van der Waals surface area contributed by atoms with Crippen LogP contribution in [0.15, 0.2) is 36.5 Å². The zero-order valence-electron chi connectivity index (χ0n) is 17.3. The maximum atomic E-state index is 14.2. The minimum absolute atomic E-state index is 0.0907. The van der Waals surface area contributed by atoms with Gasteiger partial charge in [-0.15, -0.1) is 0 Å². The van der Waals surface area contributed by atoms with Gasteiger partial charge in [-0.3, -0.25) is 9.89 Å². The van der Waals surface area contributed by atoms with Crippen LogP contribution >= 0.6 is 0 Å². The van der Waals surface area contributed by atoms with Crippen LogP contribution in [0, 0.1) is 17.6 Å². The smallest absolute Gasteiger partial charge is 0.306 e. The molecule has 5 nitrogen and oxygen atoms in total. The molecule has 0 radical (unpaired) electrons. The Morgan fingerprint density at radius 2 is 2.00 bits per heavy atom. The van der Waals surface area contributed by atoms with Gasteiger partial charge in [-0.1, -0.05) is 13.8 Å². The molecule has 2 N–H and O–H groups in total. The van der Waals surface area contributed by atoms with Crippen LogP contribution in [0.5, 0.6) is 0 Å². The first-order chi connectivity index (χ1) is 14.8. The Hall–Kier alpha value is -3.22. The van der Waals surface area contributed by atoms with Crippen molar-refractivity contribution in [3.63, 3.8) is 0 Å². The van der Waals surface area contributed by atoms with Crippen LogP contribution in [0.25, 0.3) is 27.5 Å². The molecule has 1 aliphatic rings. The average molecular weight is 423 g/mol. The zero-order valence-corrected chi connectivity index (χ0v) is 17.3. The van der Waals surface area contributed by atoms with Crippen LogP contribution in [-0.2, 0) is 4.79 Å². The van der Waals surface area contributed by atoms with Gasteiger partial charge in [0.05, 0.1) is 23.1 Å². The first-order valence-electron chi connectivity index (χ1n) is 10.5. The molecule has 1 unspecified atom stereocenters. The highest BCUT2D eigenvalue weighted by molar-refractivity contribution is 5.99. The number of carboxylic acids is 1. The molecule has 5 rings (SSSR count). The highest BCUT2D eigenvalue weighted by Crippen LogP contribution is 2.47. The number of nitrogens with zero attached hydrogens (tertiary/aromatic N) is 2. The van der Waals surface area contributed by atoms with Crippen LogP contribution in [0.3, 0.4) is 0 Å². The van der Waals surface area contributed by atoms with Crippen molar-refractivity contribution in [2.75, 3.05) is 0 Å². The summed E-state index contributed by atoms with van der Waals surface area (Å²) in [5.74, 6) is -2.71. The Morgan fingerprint density at radius 1 is 1.19 bits per heavy atom. The third-order valence-electron chi connectivity index (χ3n) is 6.50. The largest absolute Gasteiger partial charge is 0.481 e. The van der Waals surface area contributed by atoms with E-state index in [4.69, 9.17) is 0 Å². The molecule has 1 aliphatic carbocycles. The van der Waals surface area contributed by atoms with Crippen molar-refractivity contribution in [2.45, 2.75) is 44.9 Å². The van der Waals surface area contributed by atoms with E-state index in [1.54, 1.807) is 12.3 Å². The van der Waals surface area contributed by atoms with Gasteiger partial charge in [0.1, 0.15) is 0 Å². The number of aromatic nitrogens is 3. The topological polar surface area (TPSA) is 70.9 Å². The van der Waals surface area contributed by atoms with Gasteiger partial charge in [0.15, 0.2) is 11.6 Å². The summed E-state index contributed by atoms with van der Waals surface area (Å²) in [5, 5.41) is 18.6. The molecule has 4 aromatic rings. The molecule has 2 aromatic carbocycles. The third-order valence-corrected chi connectivity index (χ3v) is 6.50. The number of H-pyrrole nitrogens is 1. The molecule has 2 heterocycles. The van der Waals surface area contributed by atoms with Gasteiger partial charge < -0.3 is 9.67 Å². The van der Waals surface area contributed by atoms with Gasteiger partial charge in [0.25, 0.3) is 0 Å². The third kappa shape index (κ3) is 3.10. The number of fused-ring (bicyclic) bond motifs is 2. The maximum Gasteiger partial charge on any atom is 0.306 e. The van der Waals surface area contributed by atoms with Crippen molar-refractivity contribution in [1.82, 2.24) is 14.8 Å². The molecule has 2 aromatic heterocycles. The summed E-state index contributed by atoms with van der Waals surface area (Å²) in [5.41, 5.74) is 4.44. The fourth-order valence-corrected chi connectivity index (χ4v) is 5.14. The number of benzene rings is 2. The summed E-state index contributed by atoms with van der Waals surface area (Å²) in [6.07, 6.45) is 3.74. The molecule has 160 valence electrons. The second kappa shape index (κ2) is 7.18. The Morgan fingerprint density at radius 3 is 2.68 bits per heavy atom. The molecule has 0 spiro atoms. The van der Waals surface area contributed by atoms with E-state index >= 15 is 0 Å². The molecule has 31 heavy (non-hydrogen) atoms. The lowest BCUT2D eigenvalue weighted by Crippen LogP contribution is -2.10. The van der Waals surface area contributed by atoms with E-state index in [9.17, 15) is 18.7 Å². The summed E-state index contributed by atoms with van der Waals surface area (Å²) >= 11 is 0. The summed E-state index contributed by atoms with van der Waals surface area (Å²) < 4.78 is 29.9. The standard InChI is InChI=1S/C24H23F2N3O2/c1-12(2)23-22(13-3-4-14(7-13)24(30)31)17-10-20-15(11-27-28-20)8-21(17)29(23)16-5-6-18(25)19(26)9-16/h5-6,8-14H,3-4,7H2,1-2H3,(H,27,28)(H,30,31)/t13-,14?/m1/s1. The monoisotopic (exact) mass is 423 g/mol. The van der Waals surface area contributed by atoms with Crippen molar-refractivity contribution >= 4 is 27.8 Å². The van der Waals surface area contributed by atoms with Crippen LogP contribution in [0.2, 0.25) is 0 Å². The zero-order chi connectivity index (χ0) is 21.9. The Bertz CT molecular complexity index is 1320. The number of carbonyl (C=O) groups is 1. The summed E-state index contributed by atoms with van der Waals surface area (Å²) in [6.45, 7) is 4.15. The maximum absolute atomic E-state index is 14.2. The molecule has 7 heteroatoms. The minimum atomic E-state index is -0.896. The highest BCUT2D eigenvalue weighted by Gasteiger charge is 2.35. The molecule has 0 aliphatic heterocycles. The van der Waals surface area contributed by atoms with E-state index in [2.05, 4.69) is 24.0 Å². The van der Waals surface area contributed by atoms with Gasteiger partial charge in [-0.25, -0.2) is 8.78 Å². The Kier molecular flexibility index (Phi) is 4.57. The average Bonchev–Trinajstić information content (AvgIpc) is 3.44. The van der Waals surface area contributed by atoms with E-state index in [1.807, 2.05) is 16.7 Å². The molecular formula is C24H23F2N3O2. The fraction of sp³-hybridized carbons (Fsp3) is 0.333. The number of rotatable bonds is 4. The lowest BCUT2D eigenvalue weighted by Gasteiger charge is -2.18. The fourth-order valence-electron chi connectivity index (χ4n) is 5.14. The van der Waals surface area contributed by atoms with E-state index in [-0.39, 0.29) is 17.8 Å². The number of aromatic amines is 1. The van der Waals surface area contributed by atoms with Gasteiger partial charge >= 0.3 is 5.97 Å². The first kappa shape index (κ1) is 19.7. The van der Waals surface area contributed by atoms with E-state index < -0.39 is 17.6 Å².